The van der Waals surface area contributed by atoms with Gasteiger partial charge in [0.1, 0.15) is 0 Å². The minimum absolute atomic E-state index is 0.337. The fourth-order valence-electron chi connectivity index (χ4n) is 2.07. The second-order valence-corrected chi connectivity index (χ2v) is 4.31. The first-order valence-electron chi connectivity index (χ1n) is 5.73. The van der Waals surface area contributed by atoms with Crippen LogP contribution in [0.2, 0.25) is 0 Å². The van der Waals surface area contributed by atoms with Crippen molar-refractivity contribution in [2.75, 3.05) is 13.1 Å². The topological polar surface area (TPSA) is 41.1 Å². The molecule has 82 valence electrons. The number of nitrogens with one attached hydrogen (secondary N) is 2. The summed E-state index contributed by atoms with van der Waals surface area (Å²) in [7, 11) is 0. The Morgan fingerprint density at radius 2 is 2.36 bits per heavy atom. The molecule has 1 rings (SSSR count). The van der Waals surface area contributed by atoms with Crippen LogP contribution in [0.1, 0.15) is 39.0 Å². The molecule has 14 heavy (non-hydrogen) atoms. The van der Waals surface area contributed by atoms with Gasteiger partial charge in [0, 0.05) is 6.04 Å². The Labute approximate surface area is 86.6 Å². The Morgan fingerprint density at radius 3 is 3.14 bits per heavy atom. The van der Waals surface area contributed by atoms with E-state index in [9.17, 15) is 4.79 Å². The number of hydrogen-bond acceptors (Lipinski definition) is 2. The highest BCUT2D eigenvalue weighted by Gasteiger charge is 2.12. The van der Waals surface area contributed by atoms with E-state index in [1.165, 1.54) is 38.8 Å². The van der Waals surface area contributed by atoms with E-state index in [1.54, 1.807) is 0 Å². The van der Waals surface area contributed by atoms with Crippen LogP contribution in [-0.4, -0.2) is 25.5 Å². The third-order valence-corrected chi connectivity index (χ3v) is 3.06. The van der Waals surface area contributed by atoms with Crippen LogP contribution in [0.4, 0.5) is 0 Å². The van der Waals surface area contributed by atoms with E-state index >= 15 is 0 Å². The van der Waals surface area contributed by atoms with Crippen molar-refractivity contribution < 1.29 is 4.79 Å². The quantitative estimate of drug-likeness (QED) is 0.654. The van der Waals surface area contributed by atoms with Gasteiger partial charge >= 0.3 is 0 Å². The van der Waals surface area contributed by atoms with Gasteiger partial charge in [-0.1, -0.05) is 0 Å². The van der Waals surface area contributed by atoms with Gasteiger partial charge in [-0.05, 0) is 58.0 Å². The zero-order valence-corrected chi connectivity index (χ0v) is 9.09. The highest BCUT2D eigenvalue weighted by atomic mass is 16.1. The van der Waals surface area contributed by atoms with Crippen LogP contribution in [0.25, 0.3) is 0 Å². The molecule has 2 atom stereocenters. The van der Waals surface area contributed by atoms with Crippen LogP contribution in [0.5, 0.6) is 0 Å². The molecule has 0 radical (unpaired) electrons. The predicted molar refractivity (Wildman–Crippen MR) is 58.1 cm³/mol. The van der Waals surface area contributed by atoms with Crippen molar-refractivity contribution in [1.29, 1.82) is 0 Å². The summed E-state index contributed by atoms with van der Waals surface area (Å²) in [5, 5.41) is 6.22. The molecule has 0 aromatic heterocycles. The number of amides is 1. The number of carbonyl (C=O) groups is 1. The van der Waals surface area contributed by atoms with Gasteiger partial charge in [-0.25, -0.2) is 0 Å². The first-order valence-corrected chi connectivity index (χ1v) is 5.73. The molecule has 3 heteroatoms. The summed E-state index contributed by atoms with van der Waals surface area (Å²) in [6.45, 7) is 4.42. The van der Waals surface area contributed by atoms with Crippen LogP contribution in [0.3, 0.4) is 0 Å². The van der Waals surface area contributed by atoms with Crippen LogP contribution in [-0.2, 0) is 4.79 Å². The Kier molecular flexibility index (Phi) is 5.60. The lowest BCUT2D eigenvalue weighted by atomic mass is 9.93. The summed E-state index contributed by atoms with van der Waals surface area (Å²) in [6, 6.07) is 0.337. The zero-order valence-electron chi connectivity index (χ0n) is 9.09. The Balaban J connectivity index is 2.12. The van der Waals surface area contributed by atoms with E-state index in [0.29, 0.717) is 6.04 Å². The van der Waals surface area contributed by atoms with Gasteiger partial charge in [-0.2, -0.15) is 0 Å². The molecular weight excluding hydrogens is 176 g/mol. The van der Waals surface area contributed by atoms with Crippen molar-refractivity contribution in [2.45, 2.75) is 45.1 Å². The molecule has 0 saturated carbocycles. The van der Waals surface area contributed by atoms with Crippen molar-refractivity contribution in [1.82, 2.24) is 10.6 Å². The van der Waals surface area contributed by atoms with Crippen LogP contribution in [0.15, 0.2) is 0 Å². The Hall–Kier alpha value is -0.570. The van der Waals surface area contributed by atoms with Crippen molar-refractivity contribution >= 4 is 6.41 Å². The highest BCUT2D eigenvalue weighted by molar-refractivity contribution is 5.46. The molecule has 0 bridgehead atoms. The molecule has 1 heterocycles. The van der Waals surface area contributed by atoms with Gasteiger partial charge in [0.15, 0.2) is 0 Å². The largest absolute Gasteiger partial charge is 0.356 e. The lowest BCUT2D eigenvalue weighted by Gasteiger charge is -2.16. The maximum Gasteiger partial charge on any atom is 0.207 e. The molecule has 1 aliphatic heterocycles. The summed E-state index contributed by atoms with van der Waals surface area (Å²) in [6.07, 6.45) is 7.13. The second kappa shape index (κ2) is 6.82. The average Bonchev–Trinajstić information content (AvgIpc) is 2.43. The molecule has 0 aliphatic carbocycles. The molecule has 2 N–H and O–H groups in total. The Bertz CT molecular complexity index is 153. The predicted octanol–water partition coefficient (Wildman–Crippen LogP) is 1.29. The maximum atomic E-state index is 10.2. The van der Waals surface area contributed by atoms with Gasteiger partial charge in [-0.15, -0.1) is 0 Å². The van der Waals surface area contributed by atoms with Gasteiger partial charge < -0.3 is 10.6 Å². The van der Waals surface area contributed by atoms with E-state index in [1.807, 2.05) is 0 Å². The second-order valence-electron chi connectivity index (χ2n) is 4.31. The SMILES string of the molecule is CC(CCC1CCCNCC1)NC=O. The molecule has 2 unspecified atom stereocenters. The highest BCUT2D eigenvalue weighted by Crippen LogP contribution is 2.19. The van der Waals surface area contributed by atoms with E-state index in [2.05, 4.69) is 17.6 Å². The molecule has 0 spiro atoms. The molecule has 1 amide bonds. The zero-order chi connectivity index (χ0) is 10.2. The summed E-state index contributed by atoms with van der Waals surface area (Å²) >= 11 is 0. The molecule has 3 nitrogen and oxygen atoms in total. The monoisotopic (exact) mass is 198 g/mol. The van der Waals surface area contributed by atoms with Crippen molar-refractivity contribution in [3.8, 4) is 0 Å². The van der Waals surface area contributed by atoms with Crippen LogP contribution >= 0.6 is 0 Å². The lowest BCUT2D eigenvalue weighted by molar-refractivity contribution is -0.110. The van der Waals surface area contributed by atoms with Crippen LogP contribution in [0, 0.1) is 5.92 Å². The van der Waals surface area contributed by atoms with Crippen molar-refractivity contribution in [3.63, 3.8) is 0 Å². The average molecular weight is 198 g/mol. The molecule has 0 aromatic rings. The molecular formula is C11H22N2O. The van der Waals surface area contributed by atoms with Gasteiger partial charge in [0.25, 0.3) is 0 Å². The van der Waals surface area contributed by atoms with Crippen molar-refractivity contribution in [2.24, 2.45) is 5.92 Å². The fourth-order valence-corrected chi connectivity index (χ4v) is 2.07. The number of rotatable bonds is 5. The summed E-state index contributed by atoms with van der Waals surface area (Å²) in [5.41, 5.74) is 0. The van der Waals surface area contributed by atoms with Crippen LogP contribution < -0.4 is 10.6 Å². The third kappa shape index (κ3) is 4.61. The van der Waals surface area contributed by atoms with Gasteiger partial charge in [0.2, 0.25) is 6.41 Å². The molecule has 0 aromatic carbocycles. The third-order valence-electron chi connectivity index (χ3n) is 3.06. The molecule has 1 fully saturated rings. The standard InChI is InChI=1S/C11H22N2O/c1-10(13-9-14)4-5-11-3-2-7-12-8-6-11/h9-12H,2-8H2,1H3,(H,13,14). The maximum absolute atomic E-state index is 10.2. The first kappa shape index (κ1) is 11.5. The van der Waals surface area contributed by atoms with Crippen molar-refractivity contribution in [3.05, 3.63) is 0 Å². The summed E-state index contributed by atoms with van der Waals surface area (Å²) in [5.74, 6) is 0.862. The lowest BCUT2D eigenvalue weighted by Crippen LogP contribution is -2.25. The molecule has 1 aliphatic rings. The Morgan fingerprint density at radius 1 is 1.50 bits per heavy atom. The van der Waals surface area contributed by atoms with Gasteiger partial charge in [0.05, 0.1) is 0 Å². The number of carbonyl (C=O) groups excluding carboxylic acids is 1. The summed E-state index contributed by atoms with van der Waals surface area (Å²) in [4.78, 5) is 10.2. The fraction of sp³-hybridized carbons (Fsp3) is 0.909. The molecule has 1 saturated heterocycles. The van der Waals surface area contributed by atoms with E-state index < -0.39 is 0 Å². The van der Waals surface area contributed by atoms with Gasteiger partial charge in [-0.3, -0.25) is 4.79 Å². The minimum atomic E-state index is 0.337. The normalized spacial score (nSPS) is 25.1. The van der Waals surface area contributed by atoms with E-state index in [4.69, 9.17) is 0 Å². The first-order chi connectivity index (χ1) is 6.83. The smallest absolute Gasteiger partial charge is 0.207 e. The van der Waals surface area contributed by atoms with E-state index in [0.717, 1.165) is 18.7 Å². The summed E-state index contributed by atoms with van der Waals surface area (Å²) < 4.78 is 0. The minimum Gasteiger partial charge on any atom is -0.356 e. The number of hydrogen-bond donors (Lipinski definition) is 2. The van der Waals surface area contributed by atoms with E-state index in [-0.39, 0.29) is 0 Å².